The molecule has 0 amide bonds. The molecule has 1 unspecified atom stereocenters. The number of rotatable bonds is 8. The van der Waals surface area contributed by atoms with Crippen LogP contribution in [0.5, 0.6) is 11.5 Å². The van der Waals surface area contributed by atoms with Crippen LogP contribution >= 0.6 is 24.0 Å². The highest BCUT2D eigenvalue weighted by Crippen LogP contribution is 2.26. The van der Waals surface area contributed by atoms with E-state index in [9.17, 15) is 0 Å². The zero-order valence-corrected chi connectivity index (χ0v) is 20.2. The SMILES string of the molecule is CN=C(NCC(C)Oc1ccccc1OC)NC1CCN(CC(C)C)CC1.I. The Hall–Kier alpha value is -1.22. The molecule has 0 radical (unpaired) electrons. The average molecular weight is 504 g/mol. The first-order valence-electron chi connectivity index (χ1n) is 10.0. The highest BCUT2D eigenvalue weighted by atomic mass is 127. The minimum atomic E-state index is -0.00672. The molecule has 0 saturated carbocycles. The number of aliphatic imine (C=N–C) groups is 1. The minimum Gasteiger partial charge on any atom is -0.493 e. The number of benzene rings is 1. The first kappa shape index (κ1) is 24.8. The van der Waals surface area contributed by atoms with Gasteiger partial charge in [-0.2, -0.15) is 0 Å². The molecule has 0 aromatic heterocycles. The van der Waals surface area contributed by atoms with Crippen molar-refractivity contribution in [2.75, 3.05) is 40.3 Å². The lowest BCUT2D eigenvalue weighted by Crippen LogP contribution is -2.50. The van der Waals surface area contributed by atoms with Gasteiger partial charge in [-0.25, -0.2) is 0 Å². The van der Waals surface area contributed by atoms with Crippen LogP contribution in [-0.2, 0) is 0 Å². The van der Waals surface area contributed by atoms with Gasteiger partial charge in [-0.15, -0.1) is 24.0 Å². The van der Waals surface area contributed by atoms with Gasteiger partial charge in [0, 0.05) is 32.7 Å². The number of methoxy groups -OCH3 is 1. The van der Waals surface area contributed by atoms with Gasteiger partial charge in [-0.1, -0.05) is 26.0 Å². The predicted molar refractivity (Wildman–Crippen MR) is 127 cm³/mol. The van der Waals surface area contributed by atoms with Crippen molar-refractivity contribution in [2.24, 2.45) is 10.9 Å². The van der Waals surface area contributed by atoms with E-state index in [1.54, 1.807) is 7.11 Å². The van der Waals surface area contributed by atoms with Gasteiger partial charge in [0.2, 0.25) is 0 Å². The fourth-order valence-electron chi connectivity index (χ4n) is 3.38. The van der Waals surface area contributed by atoms with Crippen molar-refractivity contribution in [3.8, 4) is 11.5 Å². The van der Waals surface area contributed by atoms with E-state index in [2.05, 4.69) is 34.4 Å². The van der Waals surface area contributed by atoms with Gasteiger partial charge in [0.05, 0.1) is 13.7 Å². The van der Waals surface area contributed by atoms with Crippen molar-refractivity contribution in [3.05, 3.63) is 24.3 Å². The molecule has 1 aliphatic heterocycles. The first-order valence-corrected chi connectivity index (χ1v) is 10.0. The first-order chi connectivity index (χ1) is 13.0. The Labute approximate surface area is 187 Å². The molecule has 1 aromatic carbocycles. The van der Waals surface area contributed by atoms with Crippen molar-refractivity contribution in [3.63, 3.8) is 0 Å². The van der Waals surface area contributed by atoms with E-state index in [0.717, 1.165) is 49.3 Å². The highest BCUT2D eigenvalue weighted by molar-refractivity contribution is 14.0. The van der Waals surface area contributed by atoms with Crippen LogP contribution in [-0.4, -0.2) is 63.3 Å². The summed E-state index contributed by atoms with van der Waals surface area (Å²) in [6.45, 7) is 10.8. The summed E-state index contributed by atoms with van der Waals surface area (Å²) in [7, 11) is 3.47. The number of halogens is 1. The Morgan fingerprint density at radius 2 is 1.82 bits per heavy atom. The Bertz CT molecular complexity index is 590. The van der Waals surface area contributed by atoms with Gasteiger partial charge in [0.15, 0.2) is 17.5 Å². The molecule has 2 rings (SSSR count). The fourth-order valence-corrected chi connectivity index (χ4v) is 3.38. The zero-order chi connectivity index (χ0) is 19.6. The monoisotopic (exact) mass is 504 g/mol. The Balaban J connectivity index is 0.00000392. The second kappa shape index (κ2) is 13.1. The van der Waals surface area contributed by atoms with Crippen molar-refractivity contribution in [1.82, 2.24) is 15.5 Å². The maximum absolute atomic E-state index is 6.00. The molecule has 7 heteroatoms. The number of hydrogen-bond acceptors (Lipinski definition) is 4. The molecule has 0 aliphatic carbocycles. The molecule has 0 spiro atoms. The molecule has 1 fully saturated rings. The second-order valence-electron chi connectivity index (χ2n) is 7.65. The maximum Gasteiger partial charge on any atom is 0.191 e. The molecule has 160 valence electrons. The number of para-hydroxylation sites is 2. The van der Waals surface area contributed by atoms with E-state index < -0.39 is 0 Å². The number of ether oxygens (including phenoxy) is 2. The lowest BCUT2D eigenvalue weighted by Gasteiger charge is -2.34. The molecule has 0 bridgehead atoms. The molecular weight excluding hydrogens is 467 g/mol. The summed E-state index contributed by atoms with van der Waals surface area (Å²) in [6, 6.07) is 8.19. The van der Waals surface area contributed by atoms with E-state index in [1.807, 2.05) is 38.2 Å². The predicted octanol–water partition coefficient (Wildman–Crippen LogP) is 3.37. The summed E-state index contributed by atoms with van der Waals surface area (Å²) in [6.07, 6.45) is 2.30. The van der Waals surface area contributed by atoms with Gasteiger partial charge >= 0.3 is 0 Å². The van der Waals surface area contributed by atoms with Gasteiger partial charge in [0.1, 0.15) is 6.10 Å². The van der Waals surface area contributed by atoms with Crippen LogP contribution in [0, 0.1) is 5.92 Å². The summed E-state index contributed by atoms with van der Waals surface area (Å²) < 4.78 is 11.3. The van der Waals surface area contributed by atoms with Gasteiger partial charge in [0.25, 0.3) is 0 Å². The summed E-state index contributed by atoms with van der Waals surface area (Å²) in [5.74, 6) is 3.08. The van der Waals surface area contributed by atoms with E-state index in [0.29, 0.717) is 12.6 Å². The van der Waals surface area contributed by atoms with Gasteiger partial charge in [-0.3, -0.25) is 4.99 Å². The average Bonchev–Trinajstić information content (AvgIpc) is 2.66. The summed E-state index contributed by atoms with van der Waals surface area (Å²) in [5, 5.41) is 6.93. The van der Waals surface area contributed by atoms with Crippen LogP contribution < -0.4 is 20.1 Å². The van der Waals surface area contributed by atoms with Gasteiger partial charge in [-0.05, 0) is 37.8 Å². The topological polar surface area (TPSA) is 58.1 Å². The Kier molecular flexibility index (Phi) is 11.6. The third kappa shape index (κ3) is 8.43. The lowest BCUT2D eigenvalue weighted by atomic mass is 10.0. The van der Waals surface area contributed by atoms with Crippen LogP contribution in [0.2, 0.25) is 0 Å². The number of guanidine groups is 1. The smallest absolute Gasteiger partial charge is 0.191 e. The zero-order valence-electron chi connectivity index (χ0n) is 17.9. The summed E-state index contributed by atoms with van der Waals surface area (Å²) in [5.41, 5.74) is 0. The molecule has 1 atom stereocenters. The van der Waals surface area contributed by atoms with Crippen LogP contribution in [0.4, 0.5) is 0 Å². The summed E-state index contributed by atoms with van der Waals surface area (Å²) in [4.78, 5) is 6.92. The van der Waals surface area contributed by atoms with E-state index >= 15 is 0 Å². The second-order valence-corrected chi connectivity index (χ2v) is 7.65. The molecule has 1 saturated heterocycles. The lowest BCUT2D eigenvalue weighted by molar-refractivity contribution is 0.186. The number of piperidine rings is 1. The highest BCUT2D eigenvalue weighted by Gasteiger charge is 2.20. The van der Waals surface area contributed by atoms with Crippen molar-refractivity contribution in [2.45, 2.75) is 45.8 Å². The van der Waals surface area contributed by atoms with E-state index in [4.69, 9.17) is 9.47 Å². The number of nitrogens with zero attached hydrogens (tertiary/aromatic N) is 2. The largest absolute Gasteiger partial charge is 0.493 e. The number of nitrogens with one attached hydrogen (secondary N) is 2. The molecule has 1 aliphatic rings. The normalized spacial score (nSPS) is 17.0. The van der Waals surface area contributed by atoms with E-state index in [1.165, 1.54) is 6.54 Å². The molecule has 1 aromatic rings. The Morgan fingerprint density at radius 3 is 2.39 bits per heavy atom. The van der Waals surface area contributed by atoms with Crippen molar-refractivity contribution < 1.29 is 9.47 Å². The number of hydrogen-bond donors (Lipinski definition) is 2. The van der Waals surface area contributed by atoms with Crippen molar-refractivity contribution in [1.29, 1.82) is 0 Å². The molecule has 1 heterocycles. The van der Waals surface area contributed by atoms with Gasteiger partial charge < -0.3 is 25.0 Å². The quantitative estimate of drug-likeness (QED) is 0.323. The molecular formula is C21H37IN4O2. The third-order valence-corrected chi connectivity index (χ3v) is 4.73. The standard InChI is InChI=1S/C21H36N4O2.HI/c1-16(2)15-25-12-10-18(11-13-25)24-21(22-4)23-14-17(3)27-20-9-7-6-8-19(20)26-5;/h6-9,16-18H,10-15H2,1-5H3,(H2,22,23,24);1H. The maximum atomic E-state index is 6.00. The Morgan fingerprint density at radius 1 is 1.18 bits per heavy atom. The van der Waals surface area contributed by atoms with Crippen LogP contribution in [0.1, 0.15) is 33.6 Å². The van der Waals surface area contributed by atoms with Crippen LogP contribution in [0.25, 0.3) is 0 Å². The minimum absolute atomic E-state index is 0. The molecule has 28 heavy (non-hydrogen) atoms. The molecule has 6 nitrogen and oxygen atoms in total. The molecule has 2 N–H and O–H groups in total. The van der Waals surface area contributed by atoms with Crippen molar-refractivity contribution >= 4 is 29.9 Å². The summed E-state index contributed by atoms with van der Waals surface area (Å²) >= 11 is 0. The van der Waals surface area contributed by atoms with E-state index in [-0.39, 0.29) is 30.1 Å². The third-order valence-electron chi connectivity index (χ3n) is 4.73. The van der Waals surface area contributed by atoms with Crippen LogP contribution in [0.3, 0.4) is 0 Å². The number of likely N-dealkylation sites (tertiary alicyclic amines) is 1. The fraction of sp³-hybridized carbons (Fsp3) is 0.667. The van der Waals surface area contributed by atoms with Crippen LogP contribution in [0.15, 0.2) is 29.3 Å².